The average Bonchev–Trinajstić information content (AvgIpc) is 2.98. The van der Waals surface area contributed by atoms with Crippen LogP contribution in [0.3, 0.4) is 0 Å². The highest BCUT2D eigenvalue weighted by Crippen LogP contribution is 2.13. The minimum Gasteiger partial charge on any atom is -0.359 e. The van der Waals surface area contributed by atoms with Gasteiger partial charge in [-0.05, 0) is 12.8 Å². The Morgan fingerprint density at radius 1 is 0.545 bits per heavy atom. The molecule has 1 heterocycles. The molecule has 1 rings (SSSR count). The number of unbranched alkanes of at least 4 members (excludes halogenated alkanes) is 11. The molecule has 22 heavy (non-hydrogen) atoms. The van der Waals surface area contributed by atoms with Crippen molar-refractivity contribution in [2.45, 2.75) is 97.3 Å². The van der Waals surface area contributed by atoms with Gasteiger partial charge < -0.3 is 9.80 Å². The molecule has 0 aromatic heterocycles. The van der Waals surface area contributed by atoms with Gasteiger partial charge in [0.1, 0.15) is 0 Å². The van der Waals surface area contributed by atoms with Gasteiger partial charge in [-0.15, -0.1) is 0 Å². The molecule has 0 amide bonds. The van der Waals surface area contributed by atoms with E-state index in [0.717, 1.165) is 6.67 Å². The Hall–Kier alpha value is -0.660. The highest BCUT2D eigenvalue weighted by Gasteiger charge is 2.10. The summed E-state index contributed by atoms with van der Waals surface area (Å²) in [5, 5.41) is 0. The maximum atomic E-state index is 2.49. The fourth-order valence-corrected chi connectivity index (χ4v) is 3.17. The van der Waals surface area contributed by atoms with Crippen molar-refractivity contribution < 1.29 is 0 Å². The molecule has 1 aliphatic rings. The summed E-state index contributed by atoms with van der Waals surface area (Å²) in [6.45, 7) is 8.19. The van der Waals surface area contributed by atoms with Crippen LogP contribution < -0.4 is 0 Å². The van der Waals surface area contributed by atoms with Crippen LogP contribution in [0.15, 0.2) is 12.4 Å². The van der Waals surface area contributed by atoms with Gasteiger partial charge in [-0.2, -0.15) is 0 Å². The zero-order valence-corrected chi connectivity index (χ0v) is 15.4. The number of rotatable bonds is 15. The van der Waals surface area contributed by atoms with Gasteiger partial charge in [0.25, 0.3) is 0 Å². The molecule has 0 radical (unpaired) electrons. The Bertz CT molecular complexity index is 262. The van der Waals surface area contributed by atoms with Crippen molar-refractivity contribution in [3.8, 4) is 0 Å². The molecule has 2 nitrogen and oxygen atoms in total. The van der Waals surface area contributed by atoms with Crippen molar-refractivity contribution in [1.82, 2.24) is 9.80 Å². The van der Waals surface area contributed by atoms with Crippen LogP contribution in [0.25, 0.3) is 0 Å². The van der Waals surface area contributed by atoms with Gasteiger partial charge in [0.05, 0.1) is 6.67 Å². The second-order valence-corrected chi connectivity index (χ2v) is 6.95. The SMILES string of the molecule is CCCCCCCCCCCN1C=CN(CCCCCC)C1. The normalized spacial score (nSPS) is 14.3. The van der Waals surface area contributed by atoms with Crippen LogP contribution in [0.5, 0.6) is 0 Å². The molecule has 130 valence electrons. The zero-order valence-electron chi connectivity index (χ0n) is 15.4. The Morgan fingerprint density at radius 2 is 0.909 bits per heavy atom. The van der Waals surface area contributed by atoms with E-state index >= 15 is 0 Å². The van der Waals surface area contributed by atoms with Crippen LogP contribution in [0.1, 0.15) is 97.3 Å². The average molecular weight is 309 g/mol. The van der Waals surface area contributed by atoms with Crippen molar-refractivity contribution in [1.29, 1.82) is 0 Å². The first kappa shape index (κ1) is 19.4. The van der Waals surface area contributed by atoms with E-state index in [1.165, 1.54) is 96.6 Å². The highest BCUT2D eigenvalue weighted by atomic mass is 15.3. The summed E-state index contributed by atoms with van der Waals surface area (Å²) in [6.07, 6.45) is 22.8. The third-order valence-corrected chi connectivity index (χ3v) is 4.70. The van der Waals surface area contributed by atoms with E-state index in [0.29, 0.717) is 0 Å². The minimum absolute atomic E-state index is 1.13. The predicted octanol–water partition coefficient (Wildman–Crippen LogP) is 6.14. The van der Waals surface area contributed by atoms with E-state index in [2.05, 4.69) is 36.0 Å². The topological polar surface area (TPSA) is 6.48 Å². The Morgan fingerprint density at radius 3 is 1.36 bits per heavy atom. The molecule has 1 aliphatic heterocycles. The predicted molar refractivity (Wildman–Crippen MR) is 98.8 cm³/mol. The van der Waals surface area contributed by atoms with E-state index in [1.54, 1.807) is 0 Å². The van der Waals surface area contributed by atoms with E-state index in [1.807, 2.05) is 0 Å². The lowest BCUT2D eigenvalue weighted by Gasteiger charge is -2.21. The third-order valence-electron chi connectivity index (χ3n) is 4.70. The highest BCUT2D eigenvalue weighted by molar-refractivity contribution is 4.90. The van der Waals surface area contributed by atoms with Gasteiger partial charge in [-0.3, -0.25) is 0 Å². The fourth-order valence-electron chi connectivity index (χ4n) is 3.17. The first-order chi connectivity index (χ1) is 10.9. The lowest BCUT2D eigenvalue weighted by molar-refractivity contribution is 0.257. The Labute approximate surface area is 139 Å². The van der Waals surface area contributed by atoms with Gasteiger partial charge >= 0.3 is 0 Å². The molecule has 0 aliphatic carbocycles. The molecule has 0 aromatic rings. The Balaban J connectivity index is 1.85. The summed E-state index contributed by atoms with van der Waals surface area (Å²) < 4.78 is 0. The van der Waals surface area contributed by atoms with E-state index in [-0.39, 0.29) is 0 Å². The largest absolute Gasteiger partial charge is 0.359 e. The van der Waals surface area contributed by atoms with Crippen LogP contribution in [0, 0.1) is 0 Å². The first-order valence-corrected chi connectivity index (χ1v) is 10.0. The molecule has 2 heteroatoms. The molecule has 0 N–H and O–H groups in total. The van der Waals surface area contributed by atoms with Gasteiger partial charge in [-0.1, -0.05) is 84.5 Å². The summed E-state index contributed by atoms with van der Waals surface area (Å²) >= 11 is 0. The Kier molecular flexibility index (Phi) is 12.3. The van der Waals surface area contributed by atoms with Crippen LogP contribution in [0.4, 0.5) is 0 Å². The van der Waals surface area contributed by atoms with Gasteiger partial charge in [0, 0.05) is 25.5 Å². The maximum Gasteiger partial charge on any atom is 0.0893 e. The number of hydrogen-bond acceptors (Lipinski definition) is 2. The molecule has 0 unspecified atom stereocenters. The lowest BCUT2D eigenvalue weighted by Crippen LogP contribution is -2.26. The van der Waals surface area contributed by atoms with E-state index < -0.39 is 0 Å². The molecular weight excluding hydrogens is 268 g/mol. The van der Waals surface area contributed by atoms with E-state index in [4.69, 9.17) is 0 Å². The molecule has 0 saturated heterocycles. The van der Waals surface area contributed by atoms with Crippen molar-refractivity contribution >= 4 is 0 Å². The summed E-state index contributed by atoms with van der Waals surface area (Å²) in [6, 6.07) is 0. The second kappa shape index (κ2) is 14.0. The van der Waals surface area contributed by atoms with Crippen LogP contribution in [-0.4, -0.2) is 29.6 Å². The van der Waals surface area contributed by atoms with Gasteiger partial charge in [0.15, 0.2) is 0 Å². The first-order valence-electron chi connectivity index (χ1n) is 10.0. The van der Waals surface area contributed by atoms with Crippen molar-refractivity contribution in [3.05, 3.63) is 12.4 Å². The fraction of sp³-hybridized carbons (Fsp3) is 0.900. The zero-order chi connectivity index (χ0) is 15.9. The molecule has 0 atom stereocenters. The summed E-state index contributed by atoms with van der Waals surface area (Å²) in [4.78, 5) is 4.96. The molecule has 0 aromatic carbocycles. The minimum atomic E-state index is 1.13. The molecular formula is C20H40N2. The van der Waals surface area contributed by atoms with Crippen LogP contribution in [0.2, 0.25) is 0 Å². The van der Waals surface area contributed by atoms with Crippen LogP contribution in [-0.2, 0) is 0 Å². The van der Waals surface area contributed by atoms with Gasteiger partial charge in [0.2, 0.25) is 0 Å². The summed E-state index contributed by atoms with van der Waals surface area (Å²) in [5.74, 6) is 0. The lowest BCUT2D eigenvalue weighted by atomic mass is 10.1. The maximum absolute atomic E-state index is 2.49. The van der Waals surface area contributed by atoms with Crippen molar-refractivity contribution in [2.24, 2.45) is 0 Å². The van der Waals surface area contributed by atoms with Crippen molar-refractivity contribution in [3.63, 3.8) is 0 Å². The third kappa shape index (κ3) is 10.1. The number of nitrogens with zero attached hydrogens (tertiary/aromatic N) is 2. The van der Waals surface area contributed by atoms with Crippen molar-refractivity contribution in [2.75, 3.05) is 19.8 Å². The number of hydrogen-bond donors (Lipinski definition) is 0. The smallest absolute Gasteiger partial charge is 0.0893 e. The molecule has 0 spiro atoms. The van der Waals surface area contributed by atoms with Crippen LogP contribution >= 0.6 is 0 Å². The molecule has 0 saturated carbocycles. The quantitative estimate of drug-likeness (QED) is 0.335. The van der Waals surface area contributed by atoms with E-state index in [9.17, 15) is 0 Å². The molecule has 0 bridgehead atoms. The summed E-state index contributed by atoms with van der Waals surface area (Å²) in [5.41, 5.74) is 0. The second-order valence-electron chi connectivity index (χ2n) is 6.95. The summed E-state index contributed by atoms with van der Waals surface area (Å²) in [7, 11) is 0. The monoisotopic (exact) mass is 308 g/mol. The van der Waals surface area contributed by atoms with Gasteiger partial charge in [-0.25, -0.2) is 0 Å². The molecule has 0 fully saturated rings. The standard InChI is InChI=1S/C20H40N2/c1-3-5-7-9-10-11-12-13-15-17-22-19-18-21(20-22)16-14-8-6-4-2/h18-19H,3-17,20H2,1-2H3.